The first-order valence-electron chi connectivity index (χ1n) is 6.29. The van der Waals surface area contributed by atoms with Crippen LogP contribution in [-0.2, 0) is 13.2 Å². The summed E-state index contributed by atoms with van der Waals surface area (Å²) in [6.07, 6.45) is 0. The third-order valence-electron chi connectivity index (χ3n) is 3.01. The Kier molecular flexibility index (Phi) is 5.04. The Morgan fingerprint density at radius 2 is 1.80 bits per heavy atom. The molecule has 2 rings (SSSR count). The molecule has 0 aliphatic heterocycles. The van der Waals surface area contributed by atoms with Crippen LogP contribution >= 0.6 is 15.9 Å². The fourth-order valence-electron chi connectivity index (χ4n) is 1.99. The summed E-state index contributed by atoms with van der Waals surface area (Å²) in [4.78, 5) is 0. The van der Waals surface area contributed by atoms with E-state index in [1.54, 1.807) is 7.11 Å². The van der Waals surface area contributed by atoms with Gasteiger partial charge in [-0.15, -0.1) is 0 Å². The van der Waals surface area contributed by atoms with Crippen LogP contribution in [0.15, 0.2) is 40.9 Å². The highest BCUT2D eigenvalue weighted by Gasteiger charge is 2.07. The summed E-state index contributed by atoms with van der Waals surface area (Å²) in [6.45, 7) is 2.34. The number of methoxy groups -OCH3 is 1. The van der Waals surface area contributed by atoms with Gasteiger partial charge < -0.3 is 14.6 Å². The van der Waals surface area contributed by atoms with E-state index in [4.69, 9.17) is 9.47 Å². The number of aliphatic hydroxyl groups excluding tert-OH is 1. The van der Waals surface area contributed by atoms with Gasteiger partial charge in [-0.25, -0.2) is 0 Å². The first-order valence-corrected chi connectivity index (χ1v) is 7.09. The summed E-state index contributed by atoms with van der Waals surface area (Å²) in [7, 11) is 1.64. The largest absolute Gasteiger partial charge is 0.496 e. The first-order chi connectivity index (χ1) is 9.63. The predicted octanol–water partition coefficient (Wildman–Crippen LogP) is 3.84. The number of benzene rings is 2. The van der Waals surface area contributed by atoms with Crippen LogP contribution in [0.2, 0.25) is 0 Å². The molecule has 106 valence electrons. The number of aliphatic hydroxyl groups is 1. The number of rotatable bonds is 5. The van der Waals surface area contributed by atoms with Gasteiger partial charge in [0.25, 0.3) is 0 Å². The molecule has 1 N–H and O–H groups in total. The van der Waals surface area contributed by atoms with Crippen LogP contribution in [0.5, 0.6) is 11.5 Å². The number of ether oxygens (including phenoxy) is 2. The molecule has 0 saturated carbocycles. The van der Waals surface area contributed by atoms with Crippen molar-refractivity contribution in [3.63, 3.8) is 0 Å². The van der Waals surface area contributed by atoms with Crippen LogP contribution in [0, 0.1) is 6.92 Å². The van der Waals surface area contributed by atoms with Crippen molar-refractivity contribution in [3.8, 4) is 11.5 Å². The number of hydrogen-bond acceptors (Lipinski definition) is 3. The Balaban J connectivity index is 2.18. The van der Waals surface area contributed by atoms with Gasteiger partial charge in [0.1, 0.15) is 18.1 Å². The monoisotopic (exact) mass is 336 g/mol. The maximum Gasteiger partial charge on any atom is 0.125 e. The Labute approximate surface area is 127 Å². The average Bonchev–Trinajstić information content (AvgIpc) is 2.46. The molecule has 2 aromatic rings. The second-order valence-corrected chi connectivity index (χ2v) is 5.43. The predicted molar refractivity (Wildman–Crippen MR) is 82.1 cm³/mol. The van der Waals surface area contributed by atoms with E-state index in [0.29, 0.717) is 12.4 Å². The third kappa shape index (κ3) is 3.52. The summed E-state index contributed by atoms with van der Waals surface area (Å²) >= 11 is 3.44. The number of halogens is 1. The SMILES string of the molecule is COc1ccc(Br)cc1COc1ccc(C)cc1CO. The Hall–Kier alpha value is -1.52. The summed E-state index contributed by atoms with van der Waals surface area (Å²) in [5.41, 5.74) is 2.84. The highest BCUT2D eigenvalue weighted by Crippen LogP contribution is 2.26. The summed E-state index contributed by atoms with van der Waals surface area (Å²) in [5, 5.41) is 9.37. The van der Waals surface area contributed by atoms with Crippen molar-refractivity contribution in [1.29, 1.82) is 0 Å². The molecule has 0 spiro atoms. The zero-order valence-electron chi connectivity index (χ0n) is 11.5. The van der Waals surface area contributed by atoms with Crippen molar-refractivity contribution in [2.75, 3.05) is 7.11 Å². The molecule has 2 aromatic carbocycles. The van der Waals surface area contributed by atoms with Gasteiger partial charge >= 0.3 is 0 Å². The summed E-state index contributed by atoms with van der Waals surface area (Å²) in [5.74, 6) is 1.48. The molecule has 0 aliphatic rings. The Morgan fingerprint density at radius 3 is 2.50 bits per heavy atom. The molecule has 0 saturated heterocycles. The molecule has 3 nitrogen and oxygen atoms in total. The standard InChI is InChI=1S/C16H17BrO3/c1-11-3-5-16(12(7-11)9-18)20-10-13-8-14(17)4-6-15(13)19-2/h3-8,18H,9-10H2,1-2H3. The molecule has 0 fully saturated rings. The molecule has 0 unspecified atom stereocenters. The second kappa shape index (κ2) is 6.77. The van der Waals surface area contributed by atoms with E-state index in [1.807, 2.05) is 43.3 Å². The van der Waals surface area contributed by atoms with Crippen LogP contribution in [0.4, 0.5) is 0 Å². The average molecular weight is 337 g/mol. The van der Waals surface area contributed by atoms with Gasteiger partial charge in [0, 0.05) is 15.6 Å². The zero-order valence-corrected chi connectivity index (χ0v) is 13.1. The maximum absolute atomic E-state index is 9.37. The van der Waals surface area contributed by atoms with E-state index in [1.165, 1.54) is 0 Å². The van der Waals surface area contributed by atoms with Crippen molar-refractivity contribution in [2.24, 2.45) is 0 Å². The van der Waals surface area contributed by atoms with Gasteiger partial charge in [0.05, 0.1) is 13.7 Å². The number of aryl methyl sites for hydroxylation is 1. The normalized spacial score (nSPS) is 10.4. The van der Waals surface area contributed by atoms with Gasteiger partial charge in [0.15, 0.2) is 0 Å². The Bertz CT molecular complexity index is 596. The van der Waals surface area contributed by atoms with E-state index >= 15 is 0 Å². The lowest BCUT2D eigenvalue weighted by Crippen LogP contribution is -2.01. The van der Waals surface area contributed by atoms with Crippen molar-refractivity contribution >= 4 is 15.9 Å². The third-order valence-corrected chi connectivity index (χ3v) is 3.51. The Morgan fingerprint density at radius 1 is 1.05 bits per heavy atom. The van der Waals surface area contributed by atoms with Crippen molar-refractivity contribution in [1.82, 2.24) is 0 Å². The molecular formula is C16H17BrO3. The molecule has 0 atom stereocenters. The number of hydrogen-bond donors (Lipinski definition) is 1. The minimum atomic E-state index is -0.0351. The van der Waals surface area contributed by atoms with E-state index < -0.39 is 0 Å². The fraction of sp³-hybridized carbons (Fsp3) is 0.250. The zero-order chi connectivity index (χ0) is 14.5. The molecule has 0 amide bonds. The van der Waals surface area contributed by atoms with Crippen LogP contribution in [0.3, 0.4) is 0 Å². The molecule has 0 aromatic heterocycles. The molecule has 0 radical (unpaired) electrons. The lowest BCUT2D eigenvalue weighted by atomic mass is 10.1. The maximum atomic E-state index is 9.37. The van der Waals surface area contributed by atoms with Gasteiger partial charge in [-0.05, 0) is 31.2 Å². The van der Waals surface area contributed by atoms with Crippen LogP contribution in [-0.4, -0.2) is 12.2 Å². The summed E-state index contributed by atoms with van der Waals surface area (Å²) < 4.78 is 12.1. The van der Waals surface area contributed by atoms with E-state index in [9.17, 15) is 5.11 Å². The van der Waals surface area contributed by atoms with Crippen molar-refractivity contribution < 1.29 is 14.6 Å². The van der Waals surface area contributed by atoms with Crippen molar-refractivity contribution in [2.45, 2.75) is 20.1 Å². The fourth-order valence-corrected chi connectivity index (χ4v) is 2.40. The van der Waals surface area contributed by atoms with Crippen molar-refractivity contribution in [3.05, 3.63) is 57.6 Å². The minimum absolute atomic E-state index is 0.0351. The molecule has 4 heteroatoms. The van der Waals surface area contributed by atoms with E-state index in [2.05, 4.69) is 15.9 Å². The van der Waals surface area contributed by atoms with Gasteiger partial charge in [-0.1, -0.05) is 33.6 Å². The molecular weight excluding hydrogens is 320 g/mol. The topological polar surface area (TPSA) is 38.7 Å². The summed E-state index contributed by atoms with van der Waals surface area (Å²) in [6, 6.07) is 11.6. The first kappa shape index (κ1) is 14.9. The second-order valence-electron chi connectivity index (χ2n) is 4.51. The van der Waals surface area contributed by atoms with Crippen LogP contribution < -0.4 is 9.47 Å². The van der Waals surface area contributed by atoms with Gasteiger partial charge in [0.2, 0.25) is 0 Å². The highest BCUT2D eigenvalue weighted by molar-refractivity contribution is 9.10. The molecule has 20 heavy (non-hydrogen) atoms. The lowest BCUT2D eigenvalue weighted by Gasteiger charge is -2.13. The quantitative estimate of drug-likeness (QED) is 0.901. The minimum Gasteiger partial charge on any atom is -0.496 e. The van der Waals surface area contributed by atoms with Gasteiger partial charge in [-0.2, -0.15) is 0 Å². The molecule has 0 heterocycles. The molecule has 0 aliphatic carbocycles. The van der Waals surface area contributed by atoms with E-state index in [-0.39, 0.29) is 6.61 Å². The van der Waals surface area contributed by atoms with E-state index in [0.717, 1.165) is 26.9 Å². The smallest absolute Gasteiger partial charge is 0.125 e. The molecule has 0 bridgehead atoms. The van der Waals surface area contributed by atoms with Crippen LogP contribution in [0.25, 0.3) is 0 Å². The highest BCUT2D eigenvalue weighted by atomic mass is 79.9. The van der Waals surface area contributed by atoms with Crippen LogP contribution in [0.1, 0.15) is 16.7 Å². The van der Waals surface area contributed by atoms with Gasteiger partial charge in [-0.3, -0.25) is 0 Å². The lowest BCUT2D eigenvalue weighted by molar-refractivity contribution is 0.256.